The van der Waals surface area contributed by atoms with E-state index in [0.717, 1.165) is 45.4 Å². The van der Waals surface area contributed by atoms with Crippen LogP contribution in [-0.4, -0.2) is 43.9 Å². The average molecular weight is 317 g/mol. The van der Waals surface area contributed by atoms with Crippen molar-refractivity contribution < 1.29 is 9.13 Å². The Bertz CT molecular complexity index is 565. The van der Waals surface area contributed by atoms with E-state index < -0.39 is 0 Å². The second-order valence-corrected chi connectivity index (χ2v) is 6.14. The highest BCUT2D eigenvalue weighted by Crippen LogP contribution is 2.21. The van der Waals surface area contributed by atoms with E-state index in [0.29, 0.717) is 18.3 Å². The maximum absolute atomic E-state index is 13.5. The summed E-state index contributed by atoms with van der Waals surface area (Å²) in [5, 5.41) is 3.34. The molecule has 2 aliphatic rings. The number of ether oxygens (including phenoxy) is 1. The van der Waals surface area contributed by atoms with Crippen LogP contribution in [0, 0.1) is 11.7 Å². The van der Waals surface area contributed by atoms with Gasteiger partial charge in [0.25, 0.3) is 0 Å². The van der Waals surface area contributed by atoms with E-state index in [4.69, 9.17) is 4.74 Å². The number of aliphatic imine (C=N–C) groups is 1. The SMILES string of the molecule is Fc1ccccc1OCC1CCN(CCC2=CN=CCN2)CC1. The molecule has 0 amide bonds. The van der Waals surface area contributed by atoms with Crippen molar-refractivity contribution in [3.8, 4) is 5.75 Å². The first kappa shape index (κ1) is 16.0. The first-order valence-corrected chi connectivity index (χ1v) is 8.35. The molecule has 1 aromatic rings. The number of nitrogens with zero attached hydrogens (tertiary/aromatic N) is 2. The van der Waals surface area contributed by atoms with Gasteiger partial charge in [0.05, 0.1) is 13.2 Å². The zero-order valence-corrected chi connectivity index (χ0v) is 13.4. The number of halogens is 1. The van der Waals surface area contributed by atoms with Gasteiger partial charge in [-0.05, 0) is 44.0 Å². The van der Waals surface area contributed by atoms with Gasteiger partial charge < -0.3 is 15.0 Å². The Morgan fingerprint density at radius 1 is 1.26 bits per heavy atom. The Kier molecular flexibility index (Phi) is 5.64. The van der Waals surface area contributed by atoms with Crippen LogP contribution in [0.3, 0.4) is 0 Å². The molecule has 0 atom stereocenters. The number of benzene rings is 1. The summed E-state index contributed by atoms with van der Waals surface area (Å²) in [7, 11) is 0. The fraction of sp³-hybridized carbons (Fsp3) is 0.500. The monoisotopic (exact) mass is 317 g/mol. The third-order valence-corrected chi connectivity index (χ3v) is 4.47. The lowest BCUT2D eigenvalue weighted by Gasteiger charge is -2.32. The van der Waals surface area contributed by atoms with Gasteiger partial charge in [0.1, 0.15) is 0 Å². The van der Waals surface area contributed by atoms with E-state index in [1.807, 2.05) is 12.4 Å². The Balaban J connectivity index is 1.36. The lowest BCUT2D eigenvalue weighted by molar-refractivity contribution is 0.140. The molecular weight excluding hydrogens is 293 g/mol. The van der Waals surface area contributed by atoms with Crippen LogP contribution >= 0.6 is 0 Å². The van der Waals surface area contributed by atoms with E-state index in [-0.39, 0.29) is 5.82 Å². The second-order valence-electron chi connectivity index (χ2n) is 6.14. The minimum atomic E-state index is -0.277. The predicted molar refractivity (Wildman–Crippen MR) is 90.3 cm³/mol. The van der Waals surface area contributed by atoms with Crippen molar-refractivity contribution in [3.05, 3.63) is 42.0 Å². The Labute approximate surface area is 137 Å². The molecule has 1 aromatic carbocycles. The molecule has 5 heteroatoms. The maximum atomic E-state index is 13.5. The molecule has 2 heterocycles. The first-order chi connectivity index (χ1) is 11.3. The van der Waals surface area contributed by atoms with Crippen LogP contribution in [-0.2, 0) is 0 Å². The van der Waals surface area contributed by atoms with Crippen molar-refractivity contribution in [2.45, 2.75) is 19.3 Å². The largest absolute Gasteiger partial charge is 0.490 e. The summed E-state index contributed by atoms with van der Waals surface area (Å²) >= 11 is 0. The molecule has 4 nitrogen and oxygen atoms in total. The third-order valence-electron chi connectivity index (χ3n) is 4.47. The molecule has 0 aromatic heterocycles. The summed E-state index contributed by atoms with van der Waals surface area (Å²) in [5.74, 6) is 0.606. The highest BCUT2D eigenvalue weighted by molar-refractivity contribution is 5.62. The molecule has 0 saturated carbocycles. The van der Waals surface area contributed by atoms with Crippen LogP contribution in [0.1, 0.15) is 19.3 Å². The molecule has 23 heavy (non-hydrogen) atoms. The smallest absolute Gasteiger partial charge is 0.165 e. The number of hydrogen-bond acceptors (Lipinski definition) is 4. The standard InChI is InChI=1S/C18H24FN3O/c19-17-3-1-2-4-18(17)23-14-15-5-10-22(11-6-15)12-7-16-13-20-8-9-21-16/h1-4,8,13,15,21H,5-7,9-12,14H2. The topological polar surface area (TPSA) is 36.9 Å². The van der Waals surface area contributed by atoms with Crippen LogP contribution in [0.4, 0.5) is 4.39 Å². The summed E-state index contributed by atoms with van der Waals surface area (Å²) in [6, 6.07) is 6.62. The Hall–Kier alpha value is -1.88. The molecular formula is C18H24FN3O. The number of hydrogen-bond donors (Lipinski definition) is 1. The first-order valence-electron chi connectivity index (χ1n) is 8.35. The number of likely N-dealkylation sites (tertiary alicyclic amines) is 1. The normalized spacial score (nSPS) is 19.3. The third kappa shape index (κ3) is 4.79. The summed E-state index contributed by atoms with van der Waals surface area (Å²) in [6.07, 6.45) is 7.04. The van der Waals surface area contributed by atoms with E-state index >= 15 is 0 Å². The van der Waals surface area contributed by atoms with Crippen LogP contribution in [0.15, 0.2) is 41.2 Å². The molecule has 0 spiro atoms. The van der Waals surface area contributed by atoms with Gasteiger partial charge in [-0.25, -0.2) is 4.39 Å². The van der Waals surface area contributed by atoms with Gasteiger partial charge >= 0.3 is 0 Å². The van der Waals surface area contributed by atoms with Crippen LogP contribution in [0.25, 0.3) is 0 Å². The quantitative estimate of drug-likeness (QED) is 0.876. The van der Waals surface area contributed by atoms with Crippen molar-refractivity contribution in [2.24, 2.45) is 10.9 Å². The number of piperidine rings is 1. The van der Waals surface area contributed by atoms with Gasteiger partial charge in [-0.3, -0.25) is 4.99 Å². The molecule has 0 aliphatic carbocycles. The minimum Gasteiger partial charge on any atom is -0.490 e. The molecule has 1 N–H and O–H groups in total. The van der Waals surface area contributed by atoms with Gasteiger partial charge in [0.2, 0.25) is 0 Å². The molecule has 0 radical (unpaired) electrons. The molecule has 2 aliphatic heterocycles. The summed E-state index contributed by atoms with van der Waals surface area (Å²) in [6.45, 7) is 4.68. The van der Waals surface area contributed by atoms with Gasteiger partial charge in [-0.2, -0.15) is 0 Å². The molecule has 3 rings (SSSR count). The van der Waals surface area contributed by atoms with Crippen molar-refractivity contribution in [1.29, 1.82) is 0 Å². The lowest BCUT2D eigenvalue weighted by Crippen LogP contribution is -2.37. The summed E-state index contributed by atoms with van der Waals surface area (Å²) in [4.78, 5) is 6.67. The van der Waals surface area contributed by atoms with Crippen molar-refractivity contribution in [3.63, 3.8) is 0 Å². The fourth-order valence-corrected chi connectivity index (χ4v) is 3.00. The second kappa shape index (κ2) is 8.11. The van der Waals surface area contributed by atoms with Crippen molar-refractivity contribution >= 4 is 6.21 Å². The fourth-order valence-electron chi connectivity index (χ4n) is 3.00. The Morgan fingerprint density at radius 2 is 2.09 bits per heavy atom. The van der Waals surface area contributed by atoms with E-state index in [9.17, 15) is 4.39 Å². The highest BCUT2D eigenvalue weighted by atomic mass is 19.1. The zero-order valence-electron chi connectivity index (χ0n) is 13.4. The van der Waals surface area contributed by atoms with E-state index in [2.05, 4.69) is 15.2 Å². The lowest BCUT2D eigenvalue weighted by atomic mass is 9.97. The van der Waals surface area contributed by atoms with E-state index in [1.165, 1.54) is 11.8 Å². The van der Waals surface area contributed by atoms with Crippen molar-refractivity contribution in [2.75, 3.05) is 32.8 Å². The molecule has 0 bridgehead atoms. The summed E-state index contributed by atoms with van der Waals surface area (Å²) in [5.41, 5.74) is 1.22. The Morgan fingerprint density at radius 3 is 2.83 bits per heavy atom. The van der Waals surface area contributed by atoms with E-state index in [1.54, 1.807) is 18.2 Å². The molecule has 124 valence electrons. The molecule has 1 fully saturated rings. The van der Waals surface area contributed by atoms with Crippen LogP contribution < -0.4 is 10.1 Å². The minimum absolute atomic E-state index is 0.277. The van der Waals surface area contributed by atoms with Crippen LogP contribution in [0.2, 0.25) is 0 Å². The zero-order chi connectivity index (χ0) is 15.9. The molecule has 0 unspecified atom stereocenters. The number of para-hydroxylation sites is 1. The van der Waals surface area contributed by atoms with Gasteiger partial charge in [-0.15, -0.1) is 0 Å². The number of nitrogens with one attached hydrogen (secondary N) is 1. The van der Waals surface area contributed by atoms with Gasteiger partial charge in [0, 0.05) is 31.1 Å². The van der Waals surface area contributed by atoms with Crippen molar-refractivity contribution in [1.82, 2.24) is 10.2 Å². The number of rotatable bonds is 6. The van der Waals surface area contributed by atoms with Crippen LogP contribution in [0.5, 0.6) is 5.75 Å². The summed E-state index contributed by atoms with van der Waals surface area (Å²) < 4.78 is 19.2. The maximum Gasteiger partial charge on any atom is 0.165 e. The predicted octanol–water partition coefficient (Wildman–Crippen LogP) is 2.82. The average Bonchev–Trinajstić information content (AvgIpc) is 2.61. The van der Waals surface area contributed by atoms with Gasteiger partial charge in [0.15, 0.2) is 11.6 Å². The van der Waals surface area contributed by atoms with Gasteiger partial charge in [-0.1, -0.05) is 12.1 Å². The molecule has 1 saturated heterocycles. The highest BCUT2D eigenvalue weighted by Gasteiger charge is 2.20.